The summed E-state index contributed by atoms with van der Waals surface area (Å²) in [7, 11) is 0. The quantitative estimate of drug-likeness (QED) is 0.828. The second-order valence-electron chi connectivity index (χ2n) is 7.29. The van der Waals surface area contributed by atoms with Crippen molar-refractivity contribution < 1.29 is 4.79 Å². The lowest BCUT2D eigenvalue weighted by molar-refractivity contribution is -0.139. The molecule has 138 valence electrons. The van der Waals surface area contributed by atoms with Crippen molar-refractivity contribution in [1.82, 2.24) is 4.90 Å². The Kier molecular flexibility index (Phi) is 6.06. The molecule has 1 aliphatic heterocycles. The molecule has 0 spiro atoms. The molecule has 7 heteroatoms. The van der Waals surface area contributed by atoms with Gasteiger partial charge in [-0.25, -0.2) is 0 Å². The highest BCUT2D eigenvalue weighted by atomic mass is 16.2. The molecule has 0 unspecified atom stereocenters. The Morgan fingerprint density at radius 3 is 1.96 bits per heavy atom. The molecule has 0 saturated carbocycles. The molecule has 27 heavy (non-hydrogen) atoms. The van der Waals surface area contributed by atoms with Gasteiger partial charge in [0, 0.05) is 43.0 Å². The van der Waals surface area contributed by atoms with Gasteiger partial charge in [0.1, 0.15) is 23.9 Å². The molecule has 0 atom stereocenters. The molecule has 1 aliphatic rings. The molecule has 1 aromatic carbocycles. The van der Waals surface area contributed by atoms with Crippen LogP contribution in [0.15, 0.2) is 35.5 Å². The Hall–Kier alpha value is -3.50. The molecule has 1 amide bonds. The summed E-state index contributed by atoms with van der Waals surface area (Å²) in [5.41, 5.74) is 0.961. The van der Waals surface area contributed by atoms with E-state index in [1.807, 2.05) is 43.9 Å². The highest BCUT2D eigenvalue weighted by Crippen LogP contribution is 2.23. The Labute approximate surface area is 159 Å². The molecule has 1 fully saturated rings. The van der Waals surface area contributed by atoms with Gasteiger partial charge in [-0.2, -0.15) is 15.8 Å². The minimum absolute atomic E-state index is 0.0675. The number of anilines is 2. The van der Waals surface area contributed by atoms with Crippen LogP contribution in [-0.2, 0) is 4.79 Å². The molecular formula is C20H22N6O. The summed E-state index contributed by atoms with van der Waals surface area (Å²) < 4.78 is 0. The number of allylic oxidation sites excluding steroid dienone is 2. The van der Waals surface area contributed by atoms with Crippen molar-refractivity contribution in [3.05, 3.63) is 35.5 Å². The molecule has 0 bridgehead atoms. The number of hydrogen-bond acceptors (Lipinski definition) is 6. The lowest BCUT2D eigenvalue weighted by Gasteiger charge is -2.38. The molecule has 0 aromatic heterocycles. The predicted octanol–water partition coefficient (Wildman–Crippen LogP) is 2.62. The Morgan fingerprint density at radius 1 is 0.963 bits per heavy atom. The third-order valence-electron chi connectivity index (χ3n) is 4.30. The first-order chi connectivity index (χ1) is 12.8. The summed E-state index contributed by atoms with van der Waals surface area (Å²) in [6.07, 6.45) is 0. The van der Waals surface area contributed by atoms with E-state index in [1.165, 1.54) is 0 Å². The summed E-state index contributed by atoms with van der Waals surface area (Å²) in [5.74, 6) is 0.170. The van der Waals surface area contributed by atoms with Crippen LogP contribution >= 0.6 is 0 Å². The number of nitrogens with one attached hydrogen (secondary N) is 1. The van der Waals surface area contributed by atoms with Crippen LogP contribution in [0.3, 0.4) is 0 Å². The van der Waals surface area contributed by atoms with E-state index in [9.17, 15) is 4.79 Å². The van der Waals surface area contributed by atoms with Crippen molar-refractivity contribution in [2.24, 2.45) is 5.41 Å². The zero-order valence-corrected chi connectivity index (χ0v) is 15.8. The highest BCUT2D eigenvalue weighted by Gasteiger charge is 2.29. The van der Waals surface area contributed by atoms with Gasteiger partial charge < -0.3 is 15.1 Å². The van der Waals surface area contributed by atoms with E-state index in [0.29, 0.717) is 18.8 Å². The minimum atomic E-state index is -0.368. The lowest BCUT2D eigenvalue weighted by Crippen LogP contribution is -2.51. The fraction of sp³-hybridized carbons (Fsp3) is 0.400. The van der Waals surface area contributed by atoms with Crippen LogP contribution < -0.4 is 10.2 Å². The van der Waals surface area contributed by atoms with E-state index in [4.69, 9.17) is 15.8 Å². The van der Waals surface area contributed by atoms with Crippen LogP contribution in [0.25, 0.3) is 0 Å². The summed E-state index contributed by atoms with van der Waals surface area (Å²) >= 11 is 0. The molecule has 0 aliphatic carbocycles. The largest absolute Gasteiger partial charge is 0.368 e. The number of piperazine rings is 1. The fourth-order valence-electron chi connectivity index (χ4n) is 2.83. The maximum atomic E-state index is 12.4. The zero-order chi connectivity index (χ0) is 20.0. The molecular weight excluding hydrogens is 340 g/mol. The summed E-state index contributed by atoms with van der Waals surface area (Å²) in [4.78, 5) is 16.5. The van der Waals surface area contributed by atoms with Gasteiger partial charge in [-0.3, -0.25) is 4.79 Å². The van der Waals surface area contributed by atoms with Crippen molar-refractivity contribution in [2.45, 2.75) is 20.8 Å². The first-order valence-electron chi connectivity index (χ1n) is 8.66. The number of carbonyl (C=O) groups excluding carboxylic acids is 1. The van der Waals surface area contributed by atoms with Crippen LogP contribution in [0.4, 0.5) is 11.4 Å². The van der Waals surface area contributed by atoms with Crippen molar-refractivity contribution in [1.29, 1.82) is 15.8 Å². The molecule has 7 nitrogen and oxygen atoms in total. The minimum Gasteiger partial charge on any atom is -0.368 e. The van der Waals surface area contributed by atoms with E-state index >= 15 is 0 Å². The number of rotatable bonds is 3. The van der Waals surface area contributed by atoms with E-state index < -0.39 is 0 Å². The Balaban J connectivity index is 2.02. The first kappa shape index (κ1) is 19.8. The molecule has 0 radical (unpaired) electrons. The maximum Gasteiger partial charge on any atom is 0.228 e. The van der Waals surface area contributed by atoms with Crippen molar-refractivity contribution in [3.8, 4) is 18.2 Å². The van der Waals surface area contributed by atoms with Gasteiger partial charge in [0.2, 0.25) is 5.91 Å². The average Bonchev–Trinajstić information content (AvgIpc) is 2.67. The molecule has 1 N–H and O–H groups in total. The highest BCUT2D eigenvalue weighted by molar-refractivity contribution is 5.81. The average molecular weight is 362 g/mol. The van der Waals surface area contributed by atoms with Crippen LogP contribution in [0, 0.1) is 39.4 Å². The molecule has 1 aromatic rings. The maximum absolute atomic E-state index is 12.4. The number of nitrogens with zero attached hydrogens (tertiary/aromatic N) is 5. The topological polar surface area (TPSA) is 107 Å². The van der Waals surface area contributed by atoms with E-state index in [-0.39, 0.29) is 22.6 Å². The van der Waals surface area contributed by atoms with E-state index in [1.54, 1.807) is 24.3 Å². The summed E-state index contributed by atoms with van der Waals surface area (Å²) in [6.45, 7) is 8.68. The molecule has 1 saturated heterocycles. The van der Waals surface area contributed by atoms with Crippen LogP contribution in [0.5, 0.6) is 0 Å². The van der Waals surface area contributed by atoms with Gasteiger partial charge in [0.25, 0.3) is 0 Å². The lowest BCUT2D eigenvalue weighted by atomic mass is 9.94. The third-order valence-corrected chi connectivity index (χ3v) is 4.30. The van der Waals surface area contributed by atoms with Gasteiger partial charge in [-0.15, -0.1) is 0 Å². The van der Waals surface area contributed by atoms with Crippen LogP contribution in [-0.4, -0.2) is 37.0 Å². The number of amides is 1. The van der Waals surface area contributed by atoms with Gasteiger partial charge in [-0.05, 0) is 24.3 Å². The standard InChI is InChI=1S/C20H22N6O/c1-20(2,3)19(27)26-10-8-25(9-11-26)17-6-4-16(5-7-17)24-18(14-23)15(12-21)13-22/h4-7,24H,8-11H2,1-3H3. The van der Waals surface area contributed by atoms with Gasteiger partial charge in [-0.1, -0.05) is 20.8 Å². The molecule has 2 rings (SSSR count). The second kappa shape index (κ2) is 8.25. The first-order valence-corrected chi connectivity index (χ1v) is 8.66. The predicted molar refractivity (Wildman–Crippen MR) is 102 cm³/mol. The van der Waals surface area contributed by atoms with Gasteiger partial charge >= 0.3 is 0 Å². The molecule has 1 heterocycles. The Morgan fingerprint density at radius 2 is 1.52 bits per heavy atom. The number of carbonyl (C=O) groups is 1. The fourth-order valence-corrected chi connectivity index (χ4v) is 2.83. The summed E-state index contributed by atoms with van der Waals surface area (Å²) in [6, 6.07) is 12.7. The van der Waals surface area contributed by atoms with Crippen molar-refractivity contribution in [3.63, 3.8) is 0 Å². The smallest absolute Gasteiger partial charge is 0.228 e. The van der Waals surface area contributed by atoms with Gasteiger partial charge in [0.15, 0.2) is 5.57 Å². The monoisotopic (exact) mass is 362 g/mol. The number of nitriles is 3. The third kappa shape index (κ3) is 4.77. The van der Waals surface area contributed by atoms with Crippen molar-refractivity contribution in [2.75, 3.05) is 36.4 Å². The zero-order valence-electron chi connectivity index (χ0n) is 15.8. The normalized spacial score (nSPS) is 13.8. The van der Waals surface area contributed by atoms with Crippen molar-refractivity contribution >= 4 is 17.3 Å². The van der Waals surface area contributed by atoms with E-state index in [2.05, 4.69) is 10.2 Å². The van der Waals surface area contributed by atoms with Crippen LogP contribution in [0.1, 0.15) is 20.8 Å². The Bertz CT molecular complexity index is 834. The second-order valence-corrected chi connectivity index (χ2v) is 7.29. The summed E-state index contributed by atoms with van der Waals surface area (Å²) in [5, 5.41) is 29.6. The van der Waals surface area contributed by atoms with E-state index in [0.717, 1.165) is 18.8 Å². The van der Waals surface area contributed by atoms with Crippen LogP contribution in [0.2, 0.25) is 0 Å². The SMILES string of the molecule is CC(C)(C)C(=O)N1CCN(c2ccc(NC(C#N)=C(C#N)C#N)cc2)CC1. The van der Waals surface area contributed by atoms with Gasteiger partial charge in [0.05, 0.1) is 0 Å². The number of hydrogen-bond donors (Lipinski definition) is 1. The number of benzene rings is 1.